The Kier molecular flexibility index (Phi) is 6.70. The van der Waals surface area contributed by atoms with Crippen LogP contribution < -0.4 is 10.6 Å². The first-order valence-electron chi connectivity index (χ1n) is 8.47. The number of anilines is 1. The number of hydrogen-bond donors (Lipinski definition) is 3. The molecule has 2 rings (SSSR count). The molecule has 0 radical (unpaired) electrons. The van der Waals surface area contributed by atoms with Crippen molar-refractivity contribution in [1.29, 1.82) is 0 Å². The fourth-order valence-corrected chi connectivity index (χ4v) is 2.17. The maximum atomic E-state index is 12.9. The Balaban J connectivity index is 1.82. The molecule has 0 bridgehead atoms. The fraction of sp³-hybridized carbons (Fsp3) is 0.250. The Hall–Kier alpha value is -3.42. The van der Waals surface area contributed by atoms with Gasteiger partial charge in [-0.25, -0.2) is 14.0 Å². The molecule has 0 fully saturated rings. The Labute approximate surface area is 161 Å². The topological polar surface area (TPSA) is 105 Å². The molecule has 0 atom stereocenters. The SMILES string of the molecule is CC(C)(NC(=O)OCc1ccc(NC(=O)Cc2ccc(F)cc2)cc1)C(=O)O. The van der Waals surface area contributed by atoms with Crippen molar-refractivity contribution in [3.63, 3.8) is 0 Å². The van der Waals surface area contributed by atoms with E-state index in [2.05, 4.69) is 10.6 Å². The van der Waals surface area contributed by atoms with Crippen molar-refractivity contribution in [2.45, 2.75) is 32.4 Å². The Bertz CT molecular complexity index is 848. The monoisotopic (exact) mass is 388 g/mol. The third-order valence-corrected chi connectivity index (χ3v) is 3.83. The third kappa shape index (κ3) is 6.39. The molecule has 0 saturated carbocycles. The quantitative estimate of drug-likeness (QED) is 0.676. The van der Waals surface area contributed by atoms with Crippen molar-refractivity contribution >= 4 is 23.7 Å². The van der Waals surface area contributed by atoms with Gasteiger partial charge in [-0.05, 0) is 49.2 Å². The minimum Gasteiger partial charge on any atom is -0.480 e. The van der Waals surface area contributed by atoms with E-state index in [-0.39, 0.29) is 24.8 Å². The van der Waals surface area contributed by atoms with Crippen LogP contribution in [0.1, 0.15) is 25.0 Å². The van der Waals surface area contributed by atoms with Crippen LogP contribution in [0.3, 0.4) is 0 Å². The highest BCUT2D eigenvalue weighted by molar-refractivity contribution is 5.92. The number of aliphatic carboxylic acids is 1. The van der Waals surface area contributed by atoms with Crippen LogP contribution >= 0.6 is 0 Å². The maximum absolute atomic E-state index is 12.9. The molecule has 0 aliphatic heterocycles. The van der Waals surface area contributed by atoms with Gasteiger partial charge in [0.25, 0.3) is 0 Å². The minimum absolute atomic E-state index is 0.0503. The van der Waals surface area contributed by atoms with Crippen molar-refractivity contribution in [2.75, 3.05) is 5.32 Å². The van der Waals surface area contributed by atoms with E-state index in [1.165, 1.54) is 26.0 Å². The lowest BCUT2D eigenvalue weighted by atomic mass is 10.1. The van der Waals surface area contributed by atoms with Gasteiger partial charge in [-0.1, -0.05) is 24.3 Å². The zero-order chi connectivity index (χ0) is 20.7. The molecular formula is C20H21FN2O5. The van der Waals surface area contributed by atoms with Crippen LogP contribution in [0, 0.1) is 5.82 Å². The molecule has 3 N–H and O–H groups in total. The molecule has 0 unspecified atom stereocenters. The number of hydrogen-bond acceptors (Lipinski definition) is 4. The van der Waals surface area contributed by atoms with Gasteiger partial charge in [-0.15, -0.1) is 0 Å². The summed E-state index contributed by atoms with van der Waals surface area (Å²) in [5.41, 5.74) is 0.488. The number of benzene rings is 2. The number of nitrogens with one attached hydrogen (secondary N) is 2. The summed E-state index contributed by atoms with van der Waals surface area (Å²) in [6, 6.07) is 12.3. The summed E-state index contributed by atoms with van der Waals surface area (Å²) in [7, 11) is 0. The van der Waals surface area contributed by atoms with Crippen molar-refractivity contribution in [3.05, 3.63) is 65.5 Å². The zero-order valence-electron chi connectivity index (χ0n) is 15.5. The van der Waals surface area contributed by atoms with E-state index in [9.17, 15) is 18.8 Å². The van der Waals surface area contributed by atoms with Crippen molar-refractivity contribution in [3.8, 4) is 0 Å². The van der Waals surface area contributed by atoms with Gasteiger partial charge >= 0.3 is 12.1 Å². The first-order chi connectivity index (χ1) is 13.2. The molecule has 2 amide bonds. The molecule has 0 aromatic heterocycles. The van der Waals surface area contributed by atoms with Crippen LogP contribution in [0.2, 0.25) is 0 Å². The molecule has 7 nitrogen and oxygen atoms in total. The Morgan fingerprint density at radius 2 is 1.57 bits per heavy atom. The first kappa shape index (κ1) is 20.9. The van der Waals surface area contributed by atoms with Gasteiger partial charge in [0, 0.05) is 5.69 Å². The van der Waals surface area contributed by atoms with E-state index in [4.69, 9.17) is 9.84 Å². The molecule has 0 heterocycles. The molecule has 0 aliphatic carbocycles. The van der Waals surface area contributed by atoms with Crippen molar-refractivity contribution in [2.24, 2.45) is 0 Å². The van der Waals surface area contributed by atoms with Crippen LogP contribution in [0.4, 0.5) is 14.9 Å². The molecule has 148 valence electrons. The first-order valence-corrected chi connectivity index (χ1v) is 8.47. The Morgan fingerprint density at radius 1 is 1.00 bits per heavy atom. The lowest BCUT2D eigenvalue weighted by Crippen LogP contribution is -2.49. The normalized spacial score (nSPS) is 10.8. The predicted molar refractivity (Wildman–Crippen MR) is 100 cm³/mol. The van der Waals surface area contributed by atoms with E-state index in [1.54, 1.807) is 36.4 Å². The highest BCUT2D eigenvalue weighted by Crippen LogP contribution is 2.12. The average Bonchev–Trinajstić information content (AvgIpc) is 2.62. The summed E-state index contributed by atoms with van der Waals surface area (Å²) >= 11 is 0. The number of ether oxygens (including phenoxy) is 1. The molecule has 0 aliphatic rings. The van der Waals surface area contributed by atoms with Gasteiger partial charge in [0.1, 0.15) is 18.0 Å². The van der Waals surface area contributed by atoms with Crippen LogP contribution in [0.15, 0.2) is 48.5 Å². The highest BCUT2D eigenvalue weighted by Gasteiger charge is 2.29. The van der Waals surface area contributed by atoms with Crippen LogP contribution in [0.5, 0.6) is 0 Å². The van der Waals surface area contributed by atoms with Crippen LogP contribution in [0.25, 0.3) is 0 Å². The second-order valence-corrected chi connectivity index (χ2v) is 6.68. The van der Waals surface area contributed by atoms with E-state index in [0.29, 0.717) is 16.8 Å². The van der Waals surface area contributed by atoms with E-state index in [0.717, 1.165) is 0 Å². The van der Waals surface area contributed by atoms with Crippen molar-refractivity contribution in [1.82, 2.24) is 5.32 Å². The van der Waals surface area contributed by atoms with Gasteiger partial charge in [-0.2, -0.15) is 0 Å². The number of carboxylic acids is 1. The smallest absolute Gasteiger partial charge is 0.408 e. The molecule has 8 heteroatoms. The molecule has 2 aromatic carbocycles. The van der Waals surface area contributed by atoms with Gasteiger partial charge in [0.2, 0.25) is 5.91 Å². The number of alkyl carbamates (subject to hydrolysis) is 1. The number of carboxylic acid groups (broad SMARTS) is 1. The van der Waals surface area contributed by atoms with E-state index < -0.39 is 17.6 Å². The van der Waals surface area contributed by atoms with E-state index in [1.807, 2.05) is 0 Å². The average molecular weight is 388 g/mol. The summed E-state index contributed by atoms with van der Waals surface area (Å²) in [5, 5.41) is 13.9. The summed E-state index contributed by atoms with van der Waals surface area (Å²) in [6.07, 6.45) is -0.728. The third-order valence-electron chi connectivity index (χ3n) is 3.83. The van der Waals surface area contributed by atoms with Crippen LogP contribution in [-0.4, -0.2) is 28.6 Å². The highest BCUT2D eigenvalue weighted by atomic mass is 19.1. The number of carbonyl (C=O) groups excluding carboxylic acids is 2. The molecule has 2 aromatic rings. The summed E-state index contributed by atoms with van der Waals surface area (Å²) < 4.78 is 17.9. The summed E-state index contributed by atoms with van der Waals surface area (Å²) in [6.45, 7) is 2.64. The molecule has 0 saturated heterocycles. The van der Waals surface area contributed by atoms with Gasteiger partial charge in [-0.3, -0.25) is 4.79 Å². The fourth-order valence-electron chi connectivity index (χ4n) is 2.17. The number of halogens is 1. The second kappa shape index (κ2) is 8.98. The van der Waals surface area contributed by atoms with Gasteiger partial charge in [0.05, 0.1) is 6.42 Å². The van der Waals surface area contributed by atoms with Gasteiger partial charge < -0.3 is 20.5 Å². The number of carbonyl (C=O) groups is 3. The van der Waals surface area contributed by atoms with Crippen molar-refractivity contribution < 1.29 is 28.6 Å². The lowest BCUT2D eigenvalue weighted by Gasteiger charge is -2.20. The molecular weight excluding hydrogens is 367 g/mol. The standard InChI is InChI=1S/C20H21FN2O5/c1-20(2,18(25)26)23-19(27)28-12-14-5-9-16(10-6-14)22-17(24)11-13-3-7-15(21)8-4-13/h3-10H,11-12H2,1-2H3,(H,22,24)(H,23,27)(H,25,26). The second-order valence-electron chi connectivity index (χ2n) is 6.68. The zero-order valence-corrected chi connectivity index (χ0v) is 15.5. The lowest BCUT2D eigenvalue weighted by molar-refractivity contribution is -0.143. The summed E-state index contributed by atoms with van der Waals surface area (Å²) in [5.74, 6) is -1.78. The summed E-state index contributed by atoms with van der Waals surface area (Å²) in [4.78, 5) is 34.7. The molecule has 28 heavy (non-hydrogen) atoms. The molecule has 0 spiro atoms. The number of rotatable bonds is 7. The largest absolute Gasteiger partial charge is 0.480 e. The number of amides is 2. The van der Waals surface area contributed by atoms with Gasteiger partial charge in [0.15, 0.2) is 0 Å². The maximum Gasteiger partial charge on any atom is 0.408 e. The Morgan fingerprint density at radius 3 is 2.14 bits per heavy atom. The predicted octanol–water partition coefficient (Wildman–Crippen LogP) is 3.10. The van der Waals surface area contributed by atoms with Crippen LogP contribution in [-0.2, 0) is 27.4 Å². The van der Waals surface area contributed by atoms with E-state index >= 15 is 0 Å². The minimum atomic E-state index is -1.43.